The minimum Gasteiger partial charge on any atom is -0.337 e. The molecule has 4 aromatic rings. The van der Waals surface area contributed by atoms with Crippen molar-refractivity contribution in [3.63, 3.8) is 0 Å². The van der Waals surface area contributed by atoms with Crippen LogP contribution in [-0.2, 0) is 24.3 Å². The molecule has 8 nitrogen and oxygen atoms in total. The number of rotatable bonds is 4. The van der Waals surface area contributed by atoms with Gasteiger partial charge in [-0.15, -0.1) is 5.10 Å². The van der Waals surface area contributed by atoms with Crippen LogP contribution >= 0.6 is 0 Å². The number of halogens is 1. The summed E-state index contributed by atoms with van der Waals surface area (Å²) in [4.78, 5) is 32.3. The van der Waals surface area contributed by atoms with Crippen molar-refractivity contribution in [1.82, 2.24) is 19.2 Å². The molecule has 1 N–H and O–H groups in total. The summed E-state index contributed by atoms with van der Waals surface area (Å²) < 4.78 is 15.6. The van der Waals surface area contributed by atoms with E-state index in [0.29, 0.717) is 23.8 Å². The number of benzene rings is 2. The average Bonchev–Trinajstić information content (AvgIpc) is 3.09. The lowest BCUT2D eigenvalue weighted by atomic mass is 10.0. The molecule has 0 saturated heterocycles. The molecule has 0 aliphatic carbocycles. The first kappa shape index (κ1) is 19.9. The second-order valence-corrected chi connectivity index (χ2v) is 7.83. The fourth-order valence-corrected chi connectivity index (χ4v) is 3.98. The Balaban J connectivity index is 1.45. The van der Waals surface area contributed by atoms with Crippen molar-refractivity contribution >= 4 is 23.2 Å². The van der Waals surface area contributed by atoms with Crippen molar-refractivity contribution < 1.29 is 9.18 Å². The number of fused-ring (bicyclic) bond motifs is 2. The maximum atomic E-state index is 13.1. The topological polar surface area (TPSA) is 84.5 Å². The van der Waals surface area contributed by atoms with Crippen LogP contribution in [0.1, 0.15) is 16.8 Å². The Hall–Kier alpha value is -4.01. The zero-order valence-corrected chi connectivity index (χ0v) is 17.5. The van der Waals surface area contributed by atoms with Crippen LogP contribution in [-0.4, -0.2) is 31.6 Å². The number of hydrogen-bond acceptors (Lipinski definition) is 5. The summed E-state index contributed by atoms with van der Waals surface area (Å²) in [6, 6.07) is 15.4. The SMILES string of the molecule is Cc1cc2nn(CC(=O)Nc3ccc(F)cc3)c(=O)n2c(N2CCc3ccccc3C2)n1. The van der Waals surface area contributed by atoms with Crippen molar-refractivity contribution in [1.29, 1.82) is 0 Å². The predicted octanol–water partition coefficient (Wildman–Crippen LogP) is 2.54. The fraction of sp³-hybridized carbons (Fsp3) is 0.217. The molecule has 0 saturated carbocycles. The van der Waals surface area contributed by atoms with Gasteiger partial charge in [0.25, 0.3) is 0 Å². The molecule has 0 fully saturated rings. The lowest BCUT2D eigenvalue weighted by molar-refractivity contribution is -0.117. The molecule has 0 atom stereocenters. The number of aromatic nitrogens is 4. The molecule has 1 aliphatic heterocycles. The zero-order chi connectivity index (χ0) is 22.2. The molecular formula is C23H21FN6O2. The molecule has 5 rings (SSSR count). The van der Waals surface area contributed by atoms with E-state index >= 15 is 0 Å². The van der Waals surface area contributed by atoms with Crippen molar-refractivity contribution in [2.45, 2.75) is 26.4 Å². The van der Waals surface area contributed by atoms with E-state index in [0.717, 1.165) is 23.3 Å². The third kappa shape index (κ3) is 3.73. The molecule has 1 amide bonds. The normalized spacial score (nSPS) is 13.2. The third-order valence-corrected chi connectivity index (χ3v) is 5.51. The number of anilines is 2. The summed E-state index contributed by atoms with van der Waals surface area (Å²) in [5, 5.41) is 7.00. The maximum Gasteiger partial charge on any atom is 0.353 e. The first-order valence-electron chi connectivity index (χ1n) is 10.3. The Morgan fingerprint density at radius 3 is 2.66 bits per heavy atom. The Bertz CT molecular complexity index is 1380. The van der Waals surface area contributed by atoms with Gasteiger partial charge in [-0.3, -0.25) is 4.79 Å². The van der Waals surface area contributed by atoms with Gasteiger partial charge in [0.15, 0.2) is 5.65 Å². The fourth-order valence-electron chi connectivity index (χ4n) is 3.98. The second-order valence-electron chi connectivity index (χ2n) is 7.83. The van der Waals surface area contributed by atoms with Crippen LogP contribution in [0, 0.1) is 12.7 Å². The molecular weight excluding hydrogens is 411 g/mol. The smallest absolute Gasteiger partial charge is 0.337 e. The molecule has 2 aromatic carbocycles. The third-order valence-electron chi connectivity index (χ3n) is 5.51. The highest BCUT2D eigenvalue weighted by atomic mass is 19.1. The Morgan fingerprint density at radius 2 is 1.88 bits per heavy atom. The second kappa shape index (κ2) is 7.92. The van der Waals surface area contributed by atoms with Gasteiger partial charge in [-0.25, -0.2) is 23.3 Å². The standard InChI is InChI=1S/C23H21FN6O2/c1-15-12-20-27-29(14-21(31)26-19-8-6-18(24)7-9-19)23(32)30(20)22(25-15)28-11-10-16-4-2-3-5-17(16)13-28/h2-9,12H,10-11,13-14H2,1H3,(H,26,31). The molecule has 0 spiro atoms. The van der Waals surface area contributed by atoms with E-state index in [1.54, 1.807) is 6.07 Å². The Morgan fingerprint density at radius 1 is 1.12 bits per heavy atom. The van der Waals surface area contributed by atoms with Crippen LogP contribution < -0.4 is 15.9 Å². The Labute approximate surface area is 182 Å². The summed E-state index contributed by atoms with van der Waals surface area (Å²) in [6.45, 7) is 2.96. The van der Waals surface area contributed by atoms with Crippen LogP contribution in [0.2, 0.25) is 0 Å². The number of nitrogens with zero attached hydrogens (tertiary/aromatic N) is 5. The van der Waals surface area contributed by atoms with Crippen LogP contribution in [0.3, 0.4) is 0 Å². The largest absolute Gasteiger partial charge is 0.353 e. The number of amides is 1. The van der Waals surface area contributed by atoms with Gasteiger partial charge < -0.3 is 10.2 Å². The summed E-state index contributed by atoms with van der Waals surface area (Å²) in [5.74, 6) is -0.305. The van der Waals surface area contributed by atoms with Crippen LogP contribution in [0.5, 0.6) is 0 Å². The number of carbonyl (C=O) groups excluding carboxylic acids is 1. The molecule has 9 heteroatoms. The van der Waals surface area contributed by atoms with E-state index in [1.807, 2.05) is 19.1 Å². The summed E-state index contributed by atoms with van der Waals surface area (Å²) >= 11 is 0. The summed E-state index contributed by atoms with van der Waals surface area (Å²) in [6.07, 6.45) is 0.857. The van der Waals surface area contributed by atoms with Crippen LogP contribution in [0.4, 0.5) is 16.0 Å². The van der Waals surface area contributed by atoms with E-state index in [-0.39, 0.29) is 6.54 Å². The van der Waals surface area contributed by atoms with E-state index < -0.39 is 17.4 Å². The number of nitrogens with one attached hydrogen (secondary N) is 1. The molecule has 0 bridgehead atoms. The number of aryl methyl sites for hydroxylation is 1. The molecule has 3 heterocycles. The first-order valence-corrected chi connectivity index (χ1v) is 10.3. The van der Waals surface area contributed by atoms with Crippen LogP contribution in [0.25, 0.3) is 5.65 Å². The molecule has 0 unspecified atom stereocenters. The van der Waals surface area contributed by atoms with Crippen LogP contribution in [0.15, 0.2) is 59.4 Å². The average molecular weight is 432 g/mol. The van der Waals surface area contributed by atoms with Gasteiger partial charge in [0.2, 0.25) is 11.9 Å². The van der Waals surface area contributed by atoms with Gasteiger partial charge in [0, 0.05) is 30.5 Å². The zero-order valence-electron chi connectivity index (χ0n) is 17.5. The van der Waals surface area contributed by atoms with E-state index in [1.165, 1.54) is 39.8 Å². The predicted molar refractivity (Wildman–Crippen MR) is 118 cm³/mol. The van der Waals surface area contributed by atoms with E-state index in [4.69, 9.17) is 0 Å². The number of carbonyl (C=O) groups is 1. The van der Waals surface area contributed by atoms with Crippen molar-refractivity contribution in [2.75, 3.05) is 16.8 Å². The lowest BCUT2D eigenvalue weighted by Crippen LogP contribution is -2.35. The van der Waals surface area contributed by atoms with Gasteiger partial charge in [0.05, 0.1) is 0 Å². The minimum absolute atomic E-state index is 0.265. The lowest BCUT2D eigenvalue weighted by Gasteiger charge is -2.29. The highest BCUT2D eigenvalue weighted by Gasteiger charge is 2.22. The quantitative estimate of drug-likeness (QED) is 0.536. The minimum atomic E-state index is -0.435. The highest BCUT2D eigenvalue weighted by molar-refractivity contribution is 5.90. The van der Waals surface area contributed by atoms with Gasteiger partial charge in [0.1, 0.15) is 12.4 Å². The first-order chi connectivity index (χ1) is 15.5. The van der Waals surface area contributed by atoms with Crippen molar-refractivity contribution in [2.24, 2.45) is 0 Å². The molecule has 0 radical (unpaired) electrons. The van der Waals surface area contributed by atoms with E-state index in [2.05, 4.69) is 32.4 Å². The van der Waals surface area contributed by atoms with Crippen molar-refractivity contribution in [3.05, 3.63) is 87.7 Å². The van der Waals surface area contributed by atoms with Gasteiger partial charge in [-0.05, 0) is 48.7 Å². The highest BCUT2D eigenvalue weighted by Crippen LogP contribution is 2.23. The van der Waals surface area contributed by atoms with Gasteiger partial charge in [-0.2, -0.15) is 0 Å². The Kier molecular flexibility index (Phi) is 4.93. The van der Waals surface area contributed by atoms with Crippen molar-refractivity contribution in [3.8, 4) is 0 Å². The van der Waals surface area contributed by atoms with E-state index in [9.17, 15) is 14.0 Å². The van der Waals surface area contributed by atoms with Gasteiger partial charge >= 0.3 is 5.69 Å². The maximum absolute atomic E-state index is 13.1. The summed E-state index contributed by atoms with van der Waals surface area (Å²) in [7, 11) is 0. The molecule has 32 heavy (non-hydrogen) atoms. The summed E-state index contributed by atoms with van der Waals surface area (Å²) in [5.41, 5.74) is 3.68. The molecule has 1 aliphatic rings. The monoisotopic (exact) mass is 432 g/mol. The molecule has 2 aromatic heterocycles. The molecule has 162 valence electrons. The number of hydrogen-bond donors (Lipinski definition) is 1. The van der Waals surface area contributed by atoms with Gasteiger partial charge in [-0.1, -0.05) is 24.3 Å².